The van der Waals surface area contributed by atoms with Gasteiger partial charge in [-0.3, -0.25) is 0 Å². The highest BCUT2D eigenvalue weighted by molar-refractivity contribution is 6.23. The molecule has 0 heterocycles. The van der Waals surface area contributed by atoms with Crippen molar-refractivity contribution in [1.29, 1.82) is 0 Å². The molecule has 2 aliphatic rings. The number of allylic oxidation sites excluding steroid dienone is 3. The first-order chi connectivity index (χ1) is 5.54. The van der Waals surface area contributed by atoms with Crippen molar-refractivity contribution in [2.45, 2.75) is 33.1 Å². The molecule has 1 saturated carbocycles. The van der Waals surface area contributed by atoms with Gasteiger partial charge in [-0.05, 0) is 31.6 Å². The average Bonchev–Trinajstić information content (AvgIpc) is 2.50. The van der Waals surface area contributed by atoms with Gasteiger partial charge in [0.25, 0.3) is 0 Å². The molecule has 0 spiro atoms. The third-order valence-electron chi connectivity index (χ3n) is 4.43. The third kappa shape index (κ3) is 0.730. The number of fused-ring (bicyclic) bond motifs is 2. The normalized spacial score (nSPS) is 45.8. The van der Waals surface area contributed by atoms with E-state index < -0.39 is 0 Å². The molecule has 0 radical (unpaired) electrons. The van der Waals surface area contributed by atoms with Crippen LogP contribution in [-0.4, -0.2) is 10.2 Å². The fourth-order valence-electron chi connectivity index (χ4n) is 3.17. The Bertz CT molecular complexity index is 277. The van der Waals surface area contributed by atoms with Crippen LogP contribution in [0.3, 0.4) is 0 Å². The van der Waals surface area contributed by atoms with Crippen molar-refractivity contribution in [2.24, 2.45) is 10.8 Å². The van der Waals surface area contributed by atoms with E-state index in [0.717, 1.165) is 0 Å². The lowest BCUT2D eigenvalue weighted by Gasteiger charge is -2.26. The molecule has 2 unspecified atom stereocenters. The Morgan fingerprint density at radius 1 is 1.50 bits per heavy atom. The number of hydrogen-bond donors (Lipinski definition) is 0. The van der Waals surface area contributed by atoms with Crippen molar-refractivity contribution >= 4 is 10.2 Å². The summed E-state index contributed by atoms with van der Waals surface area (Å²) in [6, 6.07) is 0. The molecule has 1 heteroatoms. The van der Waals surface area contributed by atoms with E-state index in [1.165, 1.54) is 29.5 Å². The summed E-state index contributed by atoms with van der Waals surface area (Å²) in [7, 11) is 1.23. The van der Waals surface area contributed by atoms with Crippen molar-refractivity contribution < 1.29 is 0 Å². The second-order valence-electron chi connectivity index (χ2n) is 4.85. The molecule has 0 aromatic heterocycles. The zero-order valence-electron chi connectivity index (χ0n) is 8.41. The van der Waals surface area contributed by atoms with Gasteiger partial charge in [0.1, 0.15) is 0 Å². The smallest absolute Gasteiger partial charge is 0.0344 e. The molecule has 12 heavy (non-hydrogen) atoms. The van der Waals surface area contributed by atoms with E-state index in [-0.39, 0.29) is 0 Å². The molecule has 2 aliphatic carbocycles. The van der Waals surface area contributed by atoms with Crippen molar-refractivity contribution in [3.05, 3.63) is 23.4 Å². The molecule has 0 N–H and O–H groups in total. The summed E-state index contributed by atoms with van der Waals surface area (Å²) >= 11 is 0. The van der Waals surface area contributed by atoms with Crippen LogP contribution in [0.5, 0.6) is 0 Å². The van der Waals surface area contributed by atoms with E-state index >= 15 is 0 Å². The Labute approximate surface area is 78.2 Å². The Morgan fingerprint density at radius 3 is 2.50 bits per heavy atom. The summed E-state index contributed by atoms with van der Waals surface area (Å²) in [6.45, 7) is 8.79. The minimum Gasteiger partial charge on any atom is -0.102 e. The maximum absolute atomic E-state index is 4.02. The van der Waals surface area contributed by atoms with Crippen LogP contribution in [0, 0.1) is 10.8 Å². The average molecular weight is 178 g/mol. The van der Waals surface area contributed by atoms with Gasteiger partial charge in [0.05, 0.1) is 0 Å². The molecule has 0 nitrogen and oxygen atoms in total. The zero-order chi connectivity index (χ0) is 8.98. The van der Waals surface area contributed by atoms with Crippen LogP contribution in [0.4, 0.5) is 0 Å². The van der Waals surface area contributed by atoms with Crippen molar-refractivity contribution in [1.82, 2.24) is 0 Å². The third-order valence-corrected chi connectivity index (χ3v) is 6.18. The second-order valence-corrected chi connectivity index (χ2v) is 5.85. The van der Waals surface area contributed by atoms with Crippen molar-refractivity contribution in [3.8, 4) is 0 Å². The van der Waals surface area contributed by atoms with Crippen LogP contribution >= 0.6 is 0 Å². The molecule has 0 saturated heterocycles. The van der Waals surface area contributed by atoms with E-state index in [2.05, 4.69) is 26.5 Å². The lowest BCUT2D eigenvalue weighted by molar-refractivity contribution is 0.415. The van der Waals surface area contributed by atoms with Gasteiger partial charge in [0.15, 0.2) is 0 Å². The summed E-state index contributed by atoms with van der Waals surface area (Å²) in [4.78, 5) is 0. The van der Waals surface area contributed by atoms with Gasteiger partial charge in [0.2, 0.25) is 0 Å². The van der Waals surface area contributed by atoms with Gasteiger partial charge in [-0.1, -0.05) is 23.8 Å². The predicted molar refractivity (Wildman–Crippen MR) is 57.2 cm³/mol. The quantitative estimate of drug-likeness (QED) is 0.425. The van der Waals surface area contributed by atoms with Gasteiger partial charge in [-0.15, -0.1) is 6.58 Å². The maximum atomic E-state index is 4.02. The minimum atomic E-state index is 0.449. The molecule has 0 aromatic rings. The minimum absolute atomic E-state index is 0.449. The highest BCUT2D eigenvalue weighted by atomic mass is 28.1. The first-order valence-corrected chi connectivity index (χ1v) is 5.86. The van der Waals surface area contributed by atoms with Crippen LogP contribution < -0.4 is 0 Å². The molecule has 0 aromatic carbocycles. The van der Waals surface area contributed by atoms with Crippen molar-refractivity contribution in [2.75, 3.05) is 0 Å². The highest BCUT2D eigenvalue weighted by Gasteiger charge is 2.51. The second kappa shape index (κ2) is 2.14. The molecule has 0 aliphatic heterocycles. The largest absolute Gasteiger partial charge is 0.102 e. The lowest BCUT2D eigenvalue weighted by Crippen LogP contribution is -2.15. The topological polar surface area (TPSA) is 0 Å². The summed E-state index contributed by atoms with van der Waals surface area (Å²) in [5, 5.41) is 1.74. The first kappa shape index (κ1) is 8.30. The van der Waals surface area contributed by atoms with Crippen LogP contribution in [0.1, 0.15) is 33.1 Å². The molecule has 2 bridgehead atoms. The summed E-state index contributed by atoms with van der Waals surface area (Å²) in [6.07, 6.45) is 6.32. The van der Waals surface area contributed by atoms with Gasteiger partial charge in [-0.2, -0.15) is 0 Å². The molecular formula is C11H18Si. The maximum Gasteiger partial charge on any atom is 0.0344 e. The van der Waals surface area contributed by atoms with E-state index in [9.17, 15) is 0 Å². The Kier molecular flexibility index (Phi) is 1.48. The van der Waals surface area contributed by atoms with Crippen LogP contribution in [0.15, 0.2) is 23.4 Å². The summed E-state index contributed by atoms with van der Waals surface area (Å²) < 4.78 is 0. The van der Waals surface area contributed by atoms with E-state index in [1.54, 1.807) is 10.8 Å². The lowest BCUT2D eigenvalue weighted by atomic mass is 9.83. The Hall–Kier alpha value is -0.303. The molecule has 66 valence electrons. The Morgan fingerprint density at radius 2 is 2.17 bits per heavy atom. The summed E-state index contributed by atoms with van der Waals surface area (Å²) in [5.41, 5.74) is 2.69. The molecule has 2 atom stereocenters. The van der Waals surface area contributed by atoms with Crippen LogP contribution in [0.25, 0.3) is 0 Å². The highest BCUT2D eigenvalue weighted by Crippen LogP contribution is 2.63. The SMILES string of the molecule is C=CC12CCC(C)(C1)C(C)=C2[SiH3]. The fraction of sp³-hybridized carbons (Fsp3) is 0.636. The van der Waals surface area contributed by atoms with E-state index in [4.69, 9.17) is 0 Å². The molecule has 0 amide bonds. The Balaban J connectivity index is 2.54. The molecule has 1 fully saturated rings. The zero-order valence-corrected chi connectivity index (χ0v) is 10.4. The number of hydrogen-bond acceptors (Lipinski definition) is 0. The number of rotatable bonds is 1. The van der Waals surface area contributed by atoms with Gasteiger partial charge in [0, 0.05) is 15.7 Å². The van der Waals surface area contributed by atoms with Gasteiger partial charge in [-0.25, -0.2) is 0 Å². The monoisotopic (exact) mass is 178 g/mol. The van der Waals surface area contributed by atoms with Crippen LogP contribution in [-0.2, 0) is 0 Å². The molecular weight excluding hydrogens is 160 g/mol. The predicted octanol–water partition coefficient (Wildman–Crippen LogP) is 2.00. The standard InChI is InChI=1S/C11H18Si/c1-4-11-6-5-10(3,7-11)8(2)9(11)12/h4H,1,5-7H2,2-3,12H3. The first-order valence-electron chi connectivity index (χ1n) is 4.86. The van der Waals surface area contributed by atoms with Crippen molar-refractivity contribution in [3.63, 3.8) is 0 Å². The fourth-order valence-corrected chi connectivity index (χ4v) is 4.40. The molecule has 2 rings (SSSR count). The van der Waals surface area contributed by atoms with Gasteiger partial charge < -0.3 is 0 Å². The van der Waals surface area contributed by atoms with Gasteiger partial charge >= 0.3 is 0 Å². The van der Waals surface area contributed by atoms with Crippen LogP contribution in [0.2, 0.25) is 0 Å². The van der Waals surface area contributed by atoms with E-state index in [0.29, 0.717) is 10.8 Å². The van der Waals surface area contributed by atoms with E-state index in [1.807, 2.05) is 0 Å². The summed E-state index contributed by atoms with van der Waals surface area (Å²) in [5.74, 6) is 0.